The molecule has 5 rings (SSSR count). The van der Waals surface area contributed by atoms with Crippen LogP contribution in [0.25, 0.3) is 16.6 Å². The summed E-state index contributed by atoms with van der Waals surface area (Å²) in [5.74, 6) is -0.174. The highest BCUT2D eigenvalue weighted by Gasteiger charge is 2.21. The van der Waals surface area contributed by atoms with E-state index in [1.54, 1.807) is 35.6 Å². The van der Waals surface area contributed by atoms with Crippen LogP contribution in [0.3, 0.4) is 0 Å². The third-order valence-corrected chi connectivity index (χ3v) is 8.97. The summed E-state index contributed by atoms with van der Waals surface area (Å²) in [6.07, 6.45) is 0. The highest BCUT2D eigenvalue weighted by Crippen LogP contribution is 2.30. The van der Waals surface area contributed by atoms with Crippen LogP contribution in [-0.2, 0) is 20.2 Å². The topological polar surface area (TPSA) is 92.7 Å². The van der Waals surface area contributed by atoms with Crippen LogP contribution in [0.4, 0.5) is 5.69 Å². The quantitative estimate of drug-likeness (QED) is 0.318. The van der Waals surface area contributed by atoms with Crippen molar-refractivity contribution in [3.63, 3.8) is 0 Å². The van der Waals surface area contributed by atoms with E-state index in [1.165, 1.54) is 0 Å². The first-order valence-corrected chi connectivity index (χ1v) is 15.4. The average molecular weight is 567 g/mol. The number of hydrogen-bond acceptors (Lipinski definition) is 6. The Bertz CT molecular complexity index is 1550. The molecule has 0 unspecified atom stereocenters. The number of nitrogens with one attached hydrogen (secondary N) is 2. The second kappa shape index (κ2) is 11.1. The van der Waals surface area contributed by atoms with Gasteiger partial charge in [0.25, 0.3) is 15.9 Å². The first-order valence-electron chi connectivity index (χ1n) is 13.0. The van der Waals surface area contributed by atoms with Crippen molar-refractivity contribution in [2.45, 2.75) is 31.1 Å². The first kappa shape index (κ1) is 27.4. The fourth-order valence-electron chi connectivity index (χ4n) is 4.70. The van der Waals surface area contributed by atoms with E-state index < -0.39 is 10.0 Å². The molecule has 206 valence electrons. The predicted molar refractivity (Wildman–Crippen MR) is 157 cm³/mol. The van der Waals surface area contributed by atoms with Crippen molar-refractivity contribution in [1.82, 2.24) is 14.8 Å². The van der Waals surface area contributed by atoms with Gasteiger partial charge in [-0.25, -0.2) is 8.42 Å². The van der Waals surface area contributed by atoms with E-state index in [4.69, 9.17) is 4.74 Å². The van der Waals surface area contributed by atoms with Gasteiger partial charge < -0.3 is 14.6 Å². The number of carbonyl (C=O) groups is 1. The lowest BCUT2D eigenvalue weighted by Crippen LogP contribution is -2.41. The Morgan fingerprint density at radius 1 is 1.03 bits per heavy atom. The molecule has 1 amide bonds. The summed E-state index contributed by atoms with van der Waals surface area (Å²) in [4.78, 5) is 15.8. The zero-order chi connectivity index (χ0) is 27.6. The van der Waals surface area contributed by atoms with Crippen molar-refractivity contribution in [3.8, 4) is 5.69 Å². The normalized spacial score (nSPS) is 14.9. The fourth-order valence-corrected chi connectivity index (χ4v) is 6.37. The first-order chi connectivity index (χ1) is 18.6. The maximum atomic E-state index is 13.3. The molecule has 8 nitrogen and oxygen atoms in total. The zero-order valence-corrected chi connectivity index (χ0v) is 24.1. The van der Waals surface area contributed by atoms with Gasteiger partial charge in [-0.2, -0.15) is 11.3 Å². The summed E-state index contributed by atoms with van der Waals surface area (Å²) in [5.41, 5.74) is 3.65. The molecule has 2 aromatic heterocycles. The number of amides is 1. The van der Waals surface area contributed by atoms with Crippen LogP contribution >= 0.6 is 11.3 Å². The number of hydrogen-bond donors (Lipinski definition) is 2. The van der Waals surface area contributed by atoms with Crippen molar-refractivity contribution < 1.29 is 17.9 Å². The number of fused-ring (bicyclic) bond motifs is 1. The molecule has 4 aromatic rings. The van der Waals surface area contributed by atoms with E-state index in [-0.39, 0.29) is 16.2 Å². The van der Waals surface area contributed by atoms with Gasteiger partial charge in [-0.1, -0.05) is 32.9 Å². The minimum atomic E-state index is -3.78. The van der Waals surface area contributed by atoms with E-state index in [0.29, 0.717) is 31.1 Å². The maximum Gasteiger partial charge on any atom is 0.268 e. The summed E-state index contributed by atoms with van der Waals surface area (Å²) < 4.78 is 36.3. The molecule has 10 heteroatoms. The number of carbonyl (C=O) groups excluding carboxylic acids is 1. The highest BCUT2D eigenvalue weighted by atomic mass is 32.2. The van der Waals surface area contributed by atoms with E-state index in [0.717, 1.165) is 41.8 Å². The van der Waals surface area contributed by atoms with Gasteiger partial charge >= 0.3 is 0 Å². The molecule has 1 saturated heterocycles. The van der Waals surface area contributed by atoms with Gasteiger partial charge in [0.2, 0.25) is 0 Å². The number of rotatable bonds is 8. The number of anilines is 1. The summed E-state index contributed by atoms with van der Waals surface area (Å²) in [5, 5.41) is 7.77. The molecule has 0 spiro atoms. The fraction of sp³-hybridized carbons (Fsp3) is 0.345. The molecule has 39 heavy (non-hydrogen) atoms. The molecule has 0 aliphatic carbocycles. The van der Waals surface area contributed by atoms with Crippen molar-refractivity contribution in [2.75, 3.05) is 44.1 Å². The van der Waals surface area contributed by atoms with E-state index >= 15 is 0 Å². The monoisotopic (exact) mass is 566 g/mol. The van der Waals surface area contributed by atoms with Crippen molar-refractivity contribution in [1.29, 1.82) is 0 Å². The van der Waals surface area contributed by atoms with Gasteiger partial charge in [-0.05, 0) is 58.8 Å². The Morgan fingerprint density at radius 2 is 1.77 bits per heavy atom. The van der Waals surface area contributed by atoms with Gasteiger partial charge in [-0.3, -0.25) is 14.4 Å². The predicted octanol–water partition coefficient (Wildman–Crippen LogP) is 4.85. The van der Waals surface area contributed by atoms with E-state index in [2.05, 4.69) is 35.7 Å². The van der Waals surface area contributed by atoms with E-state index in [9.17, 15) is 13.2 Å². The molecule has 1 aliphatic rings. The number of nitrogens with zero attached hydrogens (tertiary/aromatic N) is 2. The zero-order valence-electron chi connectivity index (χ0n) is 22.4. The Labute approximate surface area is 233 Å². The molecule has 2 aromatic carbocycles. The summed E-state index contributed by atoms with van der Waals surface area (Å²) in [6.45, 7) is 10.7. The maximum absolute atomic E-state index is 13.3. The van der Waals surface area contributed by atoms with Crippen molar-refractivity contribution in [3.05, 3.63) is 76.6 Å². The number of aromatic nitrogens is 1. The Morgan fingerprint density at radius 3 is 2.44 bits per heavy atom. The van der Waals surface area contributed by atoms with Gasteiger partial charge in [0.1, 0.15) is 5.69 Å². The smallest absolute Gasteiger partial charge is 0.268 e. The van der Waals surface area contributed by atoms with Crippen molar-refractivity contribution >= 4 is 43.9 Å². The molecular formula is C29H34N4O4S2. The van der Waals surface area contributed by atoms with Crippen LogP contribution in [0, 0.1) is 0 Å². The van der Waals surface area contributed by atoms with Crippen LogP contribution in [0.1, 0.15) is 36.8 Å². The Kier molecular flexibility index (Phi) is 7.82. The third-order valence-electron chi connectivity index (χ3n) is 6.90. The molecule has 3 heterocycles. The molecule has 2 N–H and O–H groups in total. The summed E-state index contributed by atoms with van der Waals surface area (Å²) in [6, 6.07) is 16.1. The standard InChI is InChI=1S/C29H34N4O4S2/c1-29(2,3)22-4-7-25(8-5-22)39(35,36)31-23-6-9-26-21(18-23)19-27(33(26)24-10-17-38-20-24)28(34)30-11-12-32-13-15-37-16-14-32/h4-10,17-20,31H,11-16H2,1-3H3,(H,30,34). The Hall–Kier alpha value is -3.18. The molecule has 1 aliphatic heterocycles. The number of ether oxygens (including phenoxy) is 1. The summed E-state index contributed by atoms with van der Waals surface area (Å²) in [7, 11) is -3.78. The average Bonchev–Trinajstić information content (AvgIpc) is 3.56. The number of morpholine rings is 1. The van der Waals surface area contributed by atoms with Crippen LogP contribution in [0.2, 0.25) is 0 Å². The lowest BCUT2D eigenvalue weighted by Gasteiger charge is -2.26. The summed E-state index contributed by atoms with van der Waals surface area (Å²) >= 11 is 1.55. The van der Waals surface area contributed by atoms with Gasteiger partial charge in [0.15, 0.2) is 0 Å². The second-order valence-corrected chi connectivity index (χ2v) is 13.2. The minimum absolute atomic E-state index is 0.0666. The van der Waals surface area contributed by atoms with Crippen molar-refractivity contribution in [2.24, 2.45) is 0 Å². The molecule has 1 fully saturated rings. The molecule has 0 saturated carbocycles. The molecule has 0 bridgehead atoms. The molecular weight excluding hydrogens is 532 g/mol. The number of benzene rings is 2. The molecule has 0 radical (unpaired) electrons. The van der Waals surface area contributed by atoms with Crippen LogP contribution in [0.15, 0.2) is 70.3 Å². The number of thiophene rings is 1. The number of sulfonamides is 1. The largest absolute Gasteiger partial charge is 0.379 e. The van der Waals surface area contributed by atoms with Crippen LogP contribution in [-0.4, -0.2) is 63.2 Å². The van der Waals surface area contributed by atoms with Gasteiger partial charge in [-0.15, -0.1) is 0 Å². The lowest BCUT2D eigenvalue weighted by molar-refractivity contribution is 0.0383. The lowest BCUT2D eigenvalue weighted by atomic mass is 9.87. The van der Waals surface area contributed by atoms with Crippen LogP contribution < -0.4 is 10.0 Å². The van der Waals surface area contributed by atoms with Crippen LogP contribution in [0.5, 0.6) is 0 Å². The van der Waals surface area contributed by atoms with E-state index in [1.807, 2.05) is 45.7 Å². The second-order valence-electron chi connectivity index (χ2n) is 10.7. The highest BCUT2D eigenvalue weighted by molar-refractivity contribution is 7.92. The minimum Gasteiger partial charge on any atom is -0.379 e. The van der Waals surface area contributed by atoms with Gasteiger partial charge in [0.05, 0.1) is 29.3 Å². The van der Waals surface area contributed by atoms with Gasteiger partial charge in [0, 0.05) is 42.6 Å². The SMILES string of the molecule is CC(C)(C)c1ccc(S(=O)(=O)Nc2ccc3c(c2)cc(C(=O)NCCN2CCOCC2)n3-c2ccsc2)cc1. The molecule has 0 atom stereocenters. The third kappa shape index (κ3) is 6.19. The Balaban J connectivity index is 1.39.